The number of nitrogens with one attached hydrogen (secondary N) is 1. The first-order valence-corrected chi connectivity index (χ1v) is 11.2. The lowest BCUT2D eigenvalue weighted by Crippen LogP contribution is -2.39. The minimum absolute atomic E-state index is 0.146. The number of anilines is 2. The molecule has 0 aliphatic carbocycles. The number of amides is 1. The van der Waals surface area contributed by atoms with Gasteiger partial charge in [0.15, 0.2) is 5.60 Å². The summed E-state index contributed by atoms with van der Waals surface area (Å²) >= 11 is 0. The van der Waals surface area contributed by atoms with Crippen molar-refractivity contribution in [2.45, 2.75) is 53.6 Å². The van der Waals surface area contributed by atoms with Gasteiger partial charge < -0.3 is 19.7 Å². The SMILES string of the molecule is COC(=O)C(C)(C)Oc1ccc(N(CC(C)C)CC(C)C)c(NC(=O)Cc2cncnc2)c1. The number of rotatable bonds is 11. The van der Waals surface area contributed by atoms with Crippen molar-refractivity contribution in [1.82, 2.24) is 9.97 Å². The van der Waals surface area contributed by atoms with Gasteiger partial charge >= 0.3 is 5.97 Å². The second-order valence-electron chi connectivity index (χ2n) is 9.45. The number of methoxy groups -OCH3 is 1. The first kappa shape index (κ1) is 26.1. The zero-order valence-electron chi connectivity index (χ0n) is 20.7. The minimum Gasteiger partial charge on any atom is -0.476 e. The van der Waals surface area contributed by atoms with Crippen LogP contribution in [0, 0.1) is 11.8 Å². The number of esters is 1. The molecule has 0 unspecified atom stereocenters. The standard InChI is InChI=1S/C25H36N4O4/c1-17(2)14-29(15-18(3)4)22-9-8-20(33-25(5,6)24(31)32-7)11-21(22)28-23(30)10-19-12-26-16-27-13-19/h8-9,11-13,16-18H,10,14-15H2,1-7H3,(H,28,30). The summed E-state index contributed by atoms with van der Waals surface area (Å²) < 4.78 is 10.8. The molecule has 0 aliphatic rings. The number of aromatic nitrogens is 2. The molecule has 0 atom stereocenters. The van der Waals surface area contributed by atoms with Crippen molar-refractivity contribution in [3.8, 4) is 5.75 Å². The summed E-state index contributed by atoms with van der Waals surface area (Å²) in [5.41, 5.74) is 1.07. The number of ether oxygens (including phenoxy) is 2. The second-order valence-corrected chi connectivity index (χ2v) is 9.45. The maximum atomic E-state index is 12.9. The largest absolute Gasteiger partial charge is 0.476 e. The highest BCUT2D eigenvalue weighted by atomic mass is 16.6. The molecular weight excluding hydrogens is 420 g/mol. The average molecular weight is 457 g/mol. The fraction of sp³-hybridized carbons (Fsp3) is 0.520. The van der Waals surface area contributed by atoms with Crippen LogP contribution in [0.4, 0.5) is 11.4 Å². The number of carbonyl (C=O) groups is 2. The van der Waals surface area contributed by atoms with Crippen LogP contribution in [0.1, 0.15) is 47.1 Å². The molecule has 0 fully saturated rings. The van der Waals surface area contributed by atoms with Crippen LogP contribution in [0.5, 0.6) is 5.75 Å². The number of carbonyl (C=O) groups excluding carboxylic acids is 2. The molecule has 180 valence electrons. The van der Waals surface area contributed by atoms with E-state index in [-0.39, 0.29) is 12.3 Å². The first-order chi connectivity index (χ1) is 15.5. The van der Waals surface area contributed by atoms with Gasteiger partial charge in [0, 0.05) is 31.5 Å². The van der Waals surface area contributed by atoms with Crippen molar-refractivity contribution in [2.24, 2.45) is 11.8 Å². The molecule has 0 aliphatic heterocycles. The Bertz CT molecular complexity index is 919. The molecule has 0 bridgehead atoms. The molecule has 0 radical (unpaired) electrons. The smallest absolute Gasteiger partial charge is 0.349 e. The first-order valence-electron chi connectivity index (χ1n) is 11.2. The number of nitrogens with zero attached hydrogens (tertiary/aromatic N) is 3. The van der Waals surface area contributed by atoms with Gasteiger partial charge in [-0.05, 0) is 43.4 Å². The highest BCUT2D eigenvalue weighted by Crippen LogP contribution is 2.33. The van der Waals surface area contributed by atoms with Crippen LogP contribution < -0.4 is 15.0 Å². The van der Waals surface area contributed by atoms with Crippen LogP contribution in [0.15, 0.2) is 36.9 Å². The van der Waals surface area contributed by atoms with Gasteiger partial charge in [-0.25, -0.2) is 14.8 Å². The zero-order valence-corrected chi connectivity index (χ0v) is 20.7. The van der Waals surface area contributed by atoms with E-state index in [1.165, 1.54) is 13.4 Å². The summed E-state index contributed by atoms with van der Waals surface area (Å²) in [4.78, 5) is 35.1. The average Bonchev–Trinajstić information content (AvgIpc) is 2.72. The van der Waals surface area contributed by atoms with E-state index in [0.29, 0.717) is 23.3 Å². The number of benzene rings is 1. The van der Waals surface area contributed by atoms with Crippen molar-refractivity contribution in [1.29, 1.82) is 0 Å². The predicted octanol–water partition coefficient (Wildman–Crippen LogP) is 4.11. The number of hydrogen-bond donors (Lipinski definition) is 1. The van der Waals surface area contributed by atoms with Crippen LogP contribution in [0.2, 0.25) is 0 Å². The quantitative estimate of drug-likeness (QED) is 0.509. The highest BCUT2D eigenvalue weighted by Gasteiger charge is 2.31. The molecule has 8 nitrogen and oxygen atoms in total. The van der Waals surface area contributed by atoms with Crippen LogP contribution in [0.25, 0.3) is 0 Å². The third kappa shape index (κ3) is 8.04. The van der Waals surface area contributed by atoms with E-state index in [0.717, 1.165) is 24.3 Å². The van der Waals surface area contributed by atoms with Crippen molar-refractivity contribution < 1.29 is 19.1 Å². The van der Waals surface area contributed by atoms with E-state index in [1.54, 1.807) is 32.3 Å². The van der Waals surface area contributed by atoms with E-state index in [1.807, 2.05) is 12.1 Å². The lowest BCUT2D eigenvalue weighted by molar-refractivity contribution is -0.156. The molecule has 1 aromatic heterocycles. The van der Waals surface area contributed by atoms with Gasteiger partial charge in [-0.1, -0.05) is 27.7 Å². The van der Waals surface area contributed by atoms with E-state index in [9.17, 15) is 9.59 Å². The van der Waals surface area contributed by atoms with Gasteiger partial charge in [0.1, 0.15) is 12.1 Å². The molecular formula is C25H36N4O4. The Labute approximate surface area is 196 Å². The van der Waals surface area contributed by atoms with Crippen molar-refractivity contribution in [3.63, 3.8) is 0 Å². The predicted molar refractivity (Wildman–Crippen MR) is 129 cm³/mol. The summed E-state index contributed by atoms with van der Waals surface area (Å²) in [6.07, 6.45) is 4.82. The topological polar surface area (TPSA) is 93.7 Å². The molecule has 2 rings (SSSR count). The molecule has 33 heavy (non-hydrogen) atoms. The molecule has 2 aromatic rings. The zero-order chi connectivity index (χ0) is 24.6. The Morgan fingerprint density at radius 1 is 1.06 bits per heavy atom. The number of hydrogen-bond acceptors (Lipinski definition) is 7. The van der Waals surface area contributed by atoms with E-state index in [4.69, 9.17) is 9.47 Å². The van der Waals surface area contributed by atoms with Gasteiger partial charge in [0.25, 0.3) is 0 Å². The normalized spacial score (nSPS) is 11.4. The van der Waals surface area contributed by atoms with Gasteiger partial charge in [0.2, 0.25) is 5.91 Å². The third-order valence-electron chi connectivity index (χ3n) is 4.78. The fourth-order valence-corrected chi connectivity index (χ4v) is 3.49. The Morgan fingerprint density at radius 3 is 2.21 bits per heavy atom. The lowest BCUT2D eigenvalue weighted by atomic mass is 10.1. The van der Waals surface area contributed by atoms with Crippen molar-refractivity contribution >= 4 is 23.3 Å². The molecule has 1 N–H and O–H groups in total. The Hall–Kier alpha value is -3.16. The lowest BCUT2D eigenvalue weighted by Gasteiger charge is -2.31. The summed E-state index contributed by atoms with van der Waals surface area (Å²) in [6.45, 7) is 13.6. The van der Waals surface area contributed by atoms with Crippen LogP contribution in [-0.4, -0.2) is 47.6 Å². The maximum Gasteiger partial charge on any atom is 0.349 e. The van der Waals surface area contributed by atoms with E-state index >= 15 is 0 Å². The summed E-state index contributed by atoms with van der Waals surface area (Å²) in [5, 5.41) is 3.02. The molecule has 0 saturated heterocycles. The molecule has 1 heterocycles. The van der Waals surface area contributed by atoms with Crippen LogP contribution >= 0.6 is 0 Å². The van der Waals surface area contributed by atoms with Gasteiger partial charge in [-0.15, -0.1) is 0 Å². The van der Waals surface area contributed by atoms with Crippen molar-refractivity contribution in [3.05, 3.63) is 42.5 Å². The summed E-state index contributed by atoms with van der Waals surface area (Å²) in [7, 11) is 1.32. The van der Waals surface area contributed by atoms with Gasteiger partial charge in [0.05, 0.1) is 24.9 Å². The molecule has 0 saturated carbocycles. The van der Waals surface area contributed by atoms with E-state index < -0.39 is 11.6 Å². The van der Waals surface area contributed by atoms with Crippen LogP contribution in [-0.2, 0) is 20.7 Å². The molecule has 1 amide bonds. The minimum atomic E-state index is -1.17. The molecule has 0 spiro atoms. The summed E-state index contributed by atoms with van der Waals surface area (Å²) in [5.74, 6) is 0.652. The molecule has 8 heteroatoms. The second kappa shape index (κ2) is 11.6. The van der Waals surface area contributed by atoms with Gasteiger partial charge in [-0.2, -0.15) is 0 Å². The monoisotopic (exact) mass is 456 g/mol. The Morgan fingerprint density at radius 2 is 1.67 bits per heavy atom. The summed E-state index contributed by atoms with van der Waals surface area (Å²) in [6, 6.07) is 5.50. The molecule has 1 aromatic carbocycles. The Kier molecular flexibility index (Phi) is 9.20. The van der Waals surface area contributed by atoms with Crippen LogP contribution in [0.3, 0.4) is 0 Å². The van der Waals surface area contributed by atoms with Gasteiger partial charge in [-0.3, -0.25) is 4.79 Å². The third-order valence-corrected chi connectivity index (χ3v) is 4.78. The highest BCUT2D eigenvalue weighted by molar-refractivity contribution is 5.96. The fourth-order valence-electron chi connectivity index (χ4n) is 3.49. The van der Waals surface area contributed by atoms with Crippen molar-refractivity contribution in [2.75, 3.05) is 30.4 Å². The van der Waals surface area contributed by atoms with E-state index in [2.05, 4.69) is 47.9 Å². The Balaban J connectivity index is 2.40. The maximum absolute atomic E-state index is 12.9.